The summed E-state index contributed by atoms with van der Waals surface area (Å²) < 4.78 is 43.0. The van der Waals surface area contributed by atoms with Crippen LogP contribution >= 0.6 is 0 Å². The van der Waals surface area contributed by atoms with Gasteiger partial charge in [0.05, 0.1) is 7.11 Å². The fraction of sp³-hybridized carbons (Fsp3) is 0.778. The number of methoxy groups -OCH3 is 1. The van der Waals surface area contributed by atoms with Crippen LogP contribution in [-0.4, -0.2) is 48.4 Å². The Kier molecular flexibility index (Phi) is 3.53. The number of carbonyl (C=O) groups is 2. The largest absolute Gasteiger partial charge is 0.468 e. The van der Waals surface area contributed by atoms with Crippen molar-refractivity contribution in [2.75, 3.05) is 20.2 Å². The summed E-state index contributed by atoms with van der Waals surface area (Å²) in [6.45, 7) is -0.914. The van der Waals surface area contributed by atoms with Crippen molar-refractivity contribution in [3.63, 3.8) is 0 Å². The number of alkyl halides is 3. The second-order valence-electron chi connectivity index (χ2n) is 3.88. The molecule has 98 valence electrons. The van der Waals surface area contributed by atoms with E-state index in [0.29, 0.717) is 4.90 Å². The third-order valence-corrected chi connectivity index (χ3v) is 2.88. The van der Waals surface area contributed by atoms with Crippen molar-refractivity contribution >= 4 is 12.1 Å². The van der Waals surface area contributed by atoms with E-state index in [4.69, 9.17) is 5.11 Å². The number of ether oxygens (including phenoxy) is 1. The van der Waals surface area contributed by atoms with Crippen molar-refractivity contribution in [3.05, 3.63) is 0 Å². The van der Waals surface area contributed by atoms with Crippen LogP contribution in [-0.2, 0) is 9.53 Å². The molecular weight excluding hydrogens is 243 g/mol. The lowest BCUT2D eigenvalue weighted by Gasteiger charge is -2.40. The van der Waals surface area contributed by atoms with Gasteiger partial charge in [-0.2, -0.15) is 13.2 Å². The van der Waals surface area contributed by atoms with Crippen LogP contribution in [0.15, 0.2) is 0 Å². The molecule has 17 heavy (non-hydrogen) atoms. The molecule has 0 aliphatic carbocycles. The molecule has 1 aliphatic rings. The van der Waals surface area contributed by atoms with Crippen molar-refractivity contribution in [1.29, 1.82) is 0 Å². The van der Waals surface area contributed by atoms with Gasteiger partial charge in [0.2, 0.25) is 0 Å². The first-order chi connectivity index (χ1) is 7.74. The highest BCUT2D eigenvalue weighted by atomic mass is 19.4. The van der Waals surface area contributed by atoms with Crippen LogP contribution in [0.2, 0.25) is 0 Å². The molecule has 0 radical (unpaired) electrons. The molecule has 5 nitrogen and oxygen atoms in total. The Labute approximate surface area is 95.1 Å². The molecule has 1 aliphatic heterocycles. The molecule has 1 amide bonds. The Morgan fingerprint density at radius 2 is 2.00 bits per heavy atom. The highest BCUT2D eigenvalue weighted by Crippen LogP contribution is 2.45. The van der Waals surface area contributed by atoms with Gasteiger partial charge in [-0.1, -0.05) is 0 Å². The first-order valence-corrected chi connectivity index (χ1v) is 4.87. The van der Waals surface area contributed by atoms with Gasteiger partial charge in [0.25, 0.3) is 0 Å². The molecule has 1 heterocycles. The monoisotopic (exact) mass is 255 g/mol. The topological polar surface area (TPSA) is 66.8 Å². The van der Waals surface area contributed by atoms with E-state index in [9.17, 15) is 22.8 Å². The number of carboxylic acid groups (broad SMARTS) is 1. The lowest BCUT2D eigenvalue weighted by atomic mass is 9.79. The van der Waals surface area contributed by atoms with E-state index in [1.165, 1.54) is 0 Å². The smallest absolute Gasteiger partial charge is 0.407 e. The fourth-order valence-corrected chi connectivity index (χ4v) is 1.93. The van der Waals surface area contributed by atoms with Crippen molar-refractivity contribution in [2.45, 2.75) is 19.0 Å². The quantitative estimate of drug-likeness (QED) is 0.721. The molecule has 1 N–H and O–H groups in total. The molecule has 1 atom stereocenters. The van der Waals surface area contributed by atoms with Crippen LogP contribution in [0, 0.1) is 5.41 Å². The van der Waals surface area contributed by atoms with Crippen molar-refractivity contribution in [1.82, 2.24) is 4.90 Å². The second-order valence-corrected chi connectivity index (χ2v) is 3.88. The van der Waals surface area contributed by atoms with Crippen molar-refractivity contribution in [3.8, 4) is 0 Å². The zero-order valence-corrected chi connectivity index (χ0v) is 9.08. The fourth-order valence-electron chi connectivity index (χ4n) is 1.93. The number of likely N-dealkylation sites (tertiary alicyclic amines) is 1. The van der Waals surface area contributed by atoms with Gasteiger partial charge in [0, 0.05) is 13.1 Å². The second kappa shape index (κ2) is 4.42. The van der Waals surface area contributed by atoms with E-state index < -0.39 is 36.6 Å². The van der Waals surface area contributed by atoms with Gasteiger partial charge in [-0.15, -0.1) is 0 Å². The van der Waals surface area contributed by atoms with Gasteiger partial charge in [0.1, 0.15) is 0 Å². The summed E-state index contributed by atoms with van der Waals surface area (Å²) in [5.74, 6) is -1.43. The first-order valence-electron chi connectivity index (χ1n) is 4.87. The van der Waals surface area contributed by atoms with E-state index in [-0.39, 0.29) is 13.0 Å². The summed E-state index contributed by atoms with van der Waals surface area (Å²) in [6, 6.07) is 0. The maximum absolute atomic E-state index is 13.0. The van der Waals surface area contributed by atoms with Gasteiger partial charge < -0.3 is 14.7 Å². The third kappa shape index (κ3) is 2.29. The van der Waals surface area contributed by atoms with Crippen molar-refractivity contribution in [2.24, 2.45) is 5.41 Å². The summed E-state index contributed by atoms with van der Waals surface area (Å²) in [5.41, 5.74) is -2.74. The summed E-state index contributed by atoms with van der Waals surface area (Å²) >= 11 is 0. The average molecular weight is 255 g/mol. The highest BCUT2D eigenvalue weighted by molar-refractivity contribution is 5.79. The summed E-state index contributed by atoms with van der Waals surface area (Å²) in [5, 5.41) is 8.70. The SMILES string of the molecule is COC(=O)C1(C(F)(F)F)CCCN(C(=O)O)C1. The number of amides is 1. The molecule has 0 aromatic heterocycles. The number of rotatable bonds is 1. The maximum Gasteiger partial charge on any atom is 0.407 e. The maximum atomic E-state index is 13.0. The van der Waals surface area contributed by atoms with E-state index in [1.54, 1.807) is 0 Å². The number of hydrogen-bond donors (Lipinski definition) is 1. The molecule has 1 fully saturated rings. The molecule has 0 aromatic carbocycles. The predicted octanol–water partition coefficient (Wildman–Crippen LogP) is 1.48. The minimum absolute atomic E-state index is 0.00976. The Morgan fingerprint density at radius 3 is 2.41 bits per heavy atom. The van der Waals surface area contributed by atoms with E-state index in [0.717, 1.165) is 7.11 Å². The molecular formula is C9H12F3NO4. The van der Waals surface area contributed by atoms with Gasteiger partial charge in [0.15, 0.2) is 5.41 Å². The number of piperidine rings is 1. The van der Waals surface area contributed by atoms with Crippen LogP contribution in [0.25, 0.3) is 0 Å². The van der Waals surface area contributed by atoms with Crippen LogP contribution in [0.1, 0.15) is 12.8 Å². The van der Waals surface area contributed by atoms with Gasteiger partial charge in [-0.05, 0) is 12.8 Å². The zero-order valence-electron chi connectivity index (χ0n) is 9.08. The molecule has 1 saturated heterocycles. The van der Waals surface area contributed by atoms with Gasteiger partial charge in [-0.3, -0.25) is 4.79 Å². The summed E-state index contributed by atoms with van der Waals surface area (Å²) in [7, 11) is 0.857. The number of nitrogens with zero attached hydrogens (tertiary/aromatic N) is 1. The molecule has 1 unspecified atom stereocenters. The molecule has 8 heteroatoms. The molecule has 0 aromatic rings. The minimum Gasteiger partial charge on any atom is -0.468 e. The molecule has 0 saturated carbocycles. The number of carbonyl (C=O) groups excluding carboxylic acids is 1. The lowest BCUT2D eigenvalue weighted by molar-refractivity contribution is -0.243. The Bertz CT molecular complexity index is 331. The van der Waals surface area contributed by atoms with Crippen LogP contribution < -0.4 is 0 Å². The number of halogens is 3. The number of esters is 1. The Balaban J connectivity index is 3.07. The molecule has 0 bridgehead atoms. The van der Waals surface area contributed by atoms with Crippen LogP contribution in [0.4, 0.5) is 18.0 Å². The average Bonchev–Trinajstić information content (AvgIpc) is 2.26. The normalized spacial score (nSPS) is 25.5. The van der Waals surface area contributed by atoms with E-state index in [1.807, 2.05) is 0 Å². The van der Waals surface area contributed by atoms with Crippen molar-refractivity contribution < 1.29 is 32.6 Å². The standard InChI is InChI=1S/C9H12F3NO4/c1-17-6(14)8(9(10,11)12)3-2-4-13(5-8)7(15)16/h2-5H2,1H3,(H,15,16). The Morgan fingerprint density at radius 1 is 1.41 bits per heavy atom. The Hall–Kier alpha value is -1.47. The zero-order chi connectivity index (χ0) is 13.3. The van der Waals surface area contributed by atoms with E-state index >= 15 is 0 Å². The van der Waals surface area contributed by atoms with E-state index in [2.05, 4.69) is 4.74 Å². The summed E-state index contributed by atoms with van der Waals surface area (Å²) in [4.78, 5) is 22.6. The van der Waals surface area contributed by atoms with Crippen LogP contribution in [0.3, 0.4) is 0 Å². The third-order valence-electron chi connectivity index (χ3n) is 2.88. The lowest BCUT2D eigenvalue weighted by Crippen LogP contribution is -2.57. The van der Waals surface area contributed by atoms with Gasteiger partial charge in [-0.25, -0.2) is 4.79 Å². The van der Waals surface area contributed by atoms with Crippen LogP contribution in [0.5, 0.6) is 0 Å². The van der Waals surface area contributed by atoms with Gasteiger partial charge >= 0.3 is 18.2 Å². The minimum atomic E-state index is -4.83. The first kappa shape index (κ1) is 13.6. The summed E-state index contributed by atoms with van der Waals surface area (Å²) in [6.07, 6.45) is -6.77. The highest BCUT2D eigenvalue weighted by Gasteiger charge is 2.63. The molecule has 0 spiro atoms. The number of hydrogen-bond acceptors (Lipinski definition) is 3. The molecule has 1 rings (SSSR count). The predicted molar refractivity (Wildman–Crippen MR) is 49.3 cm³/mol.